The Labute approximate surface area is 202 Å². The largest absolute Gasteiger partial charge is 0.534 e. The number of hydrogen-bond acceptors (Lipinski definition) is 6. The first kappa shape index (κ1) is 22.4. The van der Waals surface area contributed by atoms with E-state index in [0.29, 0.717) is 18.8 Å². The highest BCUT2D eigenvalue weighted by Crippen LogP contribution is 2.74. The molecule has 0 N–H and O–H groups in total. The van der Waals surface area contributed by atoms with Crippen LogP contribution in [0, 0.1) is 18.3 Å². The molecule has 1 saturated heterocycles. The maximum absolute atomic E-state index is 13.4. The fraction of sp³-hybridized carbons (Fsp3) is 0.680. The Morgan fingerprint density at radius 1 is 1.20 bits per heavy atom. The number of aryl methyl sites for hydroxylation is 1. The topological polar surface area (TPSA) is 65.1 Å². The van der Waals surface area contributed by atoms with Crippen molar-refractivity contribution in [1.29, 1.82) is 0 Å². The summed E-state index contributed by atoms with van der Waals surface area (Å²) in [5.74, 6) is 1.17. The van der Waals surface area contributed by atoms with E-state index >= 15 is 0 Å². The quantitative estimate of drug-likeness (QED) is 0.441. The van der Waals surface area contributed by atoms with E-state index in [-0.39, 0.29) is 11.8 Å². The minimum atomic E-state index is -5.86. The minimum absolute atomic E-state index is 0.0338. The Balaban J connectivity index is 1.47. The SMILES string of the molecule is CO[C@]12CC[C@@]3(C=C1OS(=O)(=O)C(F)(F)F)[C@H]1Cc4ccc(C)c5c4[C@@]3(CCN1CC1CC1)[C@H]2O5. The summed E-state index contributed by atoms with van der Waals surface area (Å²) in [4.78, 5) is 2.50. The molecule has 3 fully saturated rings. The number of methoxy groups -OCH3 is 1. The third-order valence-electron chi connectivity index (χ3n) is 9.82. The van der Waals surface area contributed by atoms with Crippen LogP contribution in [0.15, 0.2) is 24.0 Å². The Bertz CT molecular complexity index is 1270. The maximum Gasteiger partial charge on any atom is 0.534 e. The fourth-order valence-corrected chi connectivity index (χ4v) is 8.72. The molecule has 7 aliphatic rings. The minimum Gasteiger partial charge on any atom is -0.485 e. The van der Waals surface area contributed by atoms with E-state index in [1.807, 2.05) is 13.0 Å². The zero-order valence-electron chi connectivity index (χ0n) is 19.7. The van der Waals surface area contributed by atoms with Crippen LogP contribution in [0.2, 0.25) is 0 Å². The van der Waals surface area contributed by atoms with Gasteiger partial charge in [-0.15, -0.1) is 0 Å². The molecule has 8 rings (SSSR count). The number of benzene rings is 1. The molecule has 0 amide bonds. The lowest BCUT2D eigenvalue weighted by molar-refractivity contribution is -0.206. The Morgan fingerprint density at radius 3 is 2.66 bits per heavy atom. The molecule has 5 aliphatic carbocycles. The average molecular weight is 512 g/mol. The van der Waals surface area contributed by atoms with E-state index in [9.17, 15) is 21.6 Å². The van der Waals surface area contributed by atoms with Crippen LogP contribution in [-0.2, 0) is 30.9 Å². The van der Waals surface area contributed by atoms with Gasteiger partial charge in [0.1, 0.15) is 11.9 Å². The van der Waals surface area contributed by atoms with Crippen LogP contribution < -0.4 is 4.74 Å². The van der Waals surface area contributed by atoms with Crippen molar-refractivity contribution in [3.05, 3.63) is 40.7 Å². The molecule has 1 aromatic rings. The van der Waals surface area contributed by atoms with Gasteiger partial charge < -0.3 is 13.7 Å². The van der Waals surface area contributed by atoms with Crippen LogP contribution >= 0.6 is 0 Å². The monoisotopic (exact) mass is 511 g/mol. The van der Waals surface area contributed by atoms with Crippen molar-refractivity contribution in [2.24, 2.45) is 11.3 Å². The molecule has 2 heterocycles. The second-order valence-corrected chi connectivity index (χ2v) is 12.8. The molecule has 190 valence electrons. The summed E-state index contributed by atoms with van der Waals surface area (Å²) in [6, 6.07) is 4.24. The third-order valence-corrected chi connectivity index (χ3v) is 10.8. The van der Waals surface area contributed by atoms with Gasteiger partial charge in [-0.25, -0.2) is 0 Å². The first-order valence-electron chi connectivity index (χ1n) is 12.3. The van der Waals surface area contributed by atoms with Crippen LogP contribution in [0.4, 0.5) is 13.2 Å². The zero-order chi connectivity index (χ0) is 24.6. The van der Waals surface area contributed by atoms with E-state index in [4.69, 9.17) is 13.7 Å². The highest BCUT2D eigenvalue weighted by Gasteiger charge is 2.79. The Morgan fingerprint density at radius 2 is 1.97 bits per heavy atom. The van der Waals surface area contributed by atoms with Crippen LogP contribution in [0.25, 0.3) is 0 Å². The second kappa shape index (κ2) is 6.55. The standard InChI is InChI=1S/C25H28F3NO5S/c1-14-3-6-16-11-17-22-7-8-24(32-2,18(12-22)34-35(30,31)25(26,27)28)21-23(22,19(16)20(14)33-21)9-10-29(17)13-15-4-5-15/h3,6,12,15,17,21H,4-5,7-11,13H2,1-2H3/t17-,21-,22-,23+,24-/m1/s1. The van der Waals surface area contributed by atoms with Crippen molar-refractivity contribution in [3.8, 4) is 5.75 Å². The molecule has 35 heavy (non-hydrogen) atoms. The molecule has 0 aromatic heterocycles. The van der Waals surface area contributed by atoms with E-state index < -0.39 is 38.2 Å². The van der Waals surface area contributed by atoms with Crippen LogP contribution in [0.1, 0.15) is 48.8 Å². The zero-order valence-corrected chi connectivity index (χ0v) is 20.5. The van der Waals surface area contributed by atoms with Gasteiger partial charge in [0.05, 0.1) is 5.41 Å². The number of rotatable bonds is 5. The van der Waals surface area contributed by atoms with E-state index in [0.717, 1.165) is 42.8 Å². The lowest BCUT2D eigenvalue weighted by Crippen LogP contribution is -2.78. The molecule has 2 saturated carbocycles. The molecular weight excluding hydrogens is 483 g/mol. The van der Waals surface area contributed by atoms with E-state index in [2.05, 4.69) is 11.0 Å². The van der Waals surface area contributed by atoms with Crippen molar-refractivity contribution in [1.82, 2.24) is 4.90 Å². The average Bonchev–Trinajstić information content (AvgIpc) is 3.53. The predicted octanol–water partition coefficient (Wildman–Crippen LogP) is 3.96. The van der Waals surface area contributed by atoms with Crippen molar-refractivity contribution in [2.45, 2.75) is 74.1 Å². The van der Waals surface area contributed by atoms with Gasteiger partial charge >= 0.3 is 15.6 Å². The van der Waals surface area contributed by atoms with Crippen molar-refractivity contribution in [2.75, 3.05) is 20.2 Å². The number of piperidine rings is 1. The number of ether oxygens (including phenoxy) is 2. The second-order valence-electron chi connectivity index (χ2n) is 11.2. The molecule has 0 unspecified atom stereocenters. The molecule has 4 bridgehead atoms. The fourth-order valence-electron chi connectivity index (χ4n) is 8.20. The van der Waals surface area contributed by atoms with Crippen LogP contribution in [0.5, 0.6) is 5.75 Å². The predicted molar refractivity (Wildman–Crippen MR) is 119 cm³/mol. The number of fused-ring (bicyclic) bond motifs is 1. The Hall–Kier alpha value is -1.78. The maximum atomic E-state index is 13.4. The van der Waals surface area contributed by atoms with Gasteiger partial charge in [-0.1, -0.05) is 12.1 Å². The molecule has 2 aliphatic heterocycles. The number of halogens is 3. The van der Waals surface area contributed by atoms with Gasteiger partial charge in [0.15, 0.2) is 11.4 Å². The van der Waals surface area contributed by atoms with Gasteiger partial charge in [0.2, 0.25) is 0 Å². The molecule has 5 atom stereocenters. The van der Waals surface area contributed by atoms with Gasteiger partial charge in [-0.3, -0.25) is 4.90 Å². The summed E-state index contributed by atoms with van der Waals surface area (Å²) in [7, 11) is -4.45. The highest BCUT2D eigenvalue weighted by molar-refractivity contribution is 7.87. The normalized spacial score (nSPS) is 39.2. The third kappa shape index (κ3) is 2.51. The van der Waals surface area contributed by atoms with Crippen LogP contribution in [-0.4, -0.2) is 56.8 Å². The molecule has 10 heteroatoms. The number of likely N-dealkylation sites (tertiary alicyclic amines) is 1. The van der Waals surface area contributed by atoms with E-state index in [1.165, 1.54) is 25.5 Å². The molecule has 6 nitrogen and oxygen atoms in total. The summed E-state index contributed by atoms with van der Waals surface area (Å²) < 4.78 is 82.1. The molecule has 1 aromatic carbocycles. The summed E-state index contributed by atoms with van der Waals surface area (Å²) >= 11 is 0. The van der Waals surface area contributed by atoms with Gasteiger partial charge in [0, 0.05) is 30.7 Å². The van der Waals surface area contributed by atoms with Gasteiger partial charge in [-0.2, -0.15) is 21.6 Å². The molecular formula is C25H28F3NO5S. The lowest BCUT2D eigenvalue weighted by atomic mass is 9.38. The number of hydrogen-bond donors (Lipinski definition) is 0. The summed E-state index contributed by atoms with van der Waals surface area (Å²) in [5, 5.41) is 0. The number of alkyl halides is 3. The van der Waals surface area contributed by atoms with E-state index in [1.54, 1.807) is 6.08 Å². The van der Waals surface area contributed by atoms with Crippen molar-refractivity contribution in [3.63, 3.8) is 0 Å². The first-order valence-corrected chi connectivity index (χ1v) is 13.7. The lowest BCUT2D eigenvalue weighted by Gasteiger charge is -2.70. The number of nitrogens with zero attached hydrogens (tertiary/aromatic N) is 1. The van der Waals surface area contributed by atoms with Gasteiger partial charge in [-0.05, 0) is 75.1 Å². The van der Waals surface area contributed by atoms with Crippen molar-refractivity contribution < 1.29 is 35.2 Å². The summed E-state index contributed by atoms with van der Waals surface area (Å²) in [6.07, 6.45) is 6.02. The van der Waals surface area contributed by atoms with Crippen LogP contribution in [0.3, 0.4) is 0 Å². The summed E-state index contributed by atoms with van der Waals surface area (Å²) in [6.45, 7) is 3.81. The molecule has 0 radical (unpaired) electrons. The highest BCUT2D eigenvalue weighted by atomic mass is 32.2. The Kier molecular flexibility index (Phi) is 4.20. The smallest absolute Gasteiger partial charge is 0.485 e. The first-order chi connectivity index (χ1) is 16.5. The van der Waals surface area contributed by atoms with Gasteiger partial charge in [0.25, 0.3) is 0 Å². The van der Waals surface area contributed by atoms with Crippen molar-refractivity contribution >= 4 is 10.1 Å². The summed E-state index contributed by atoms with van der Waals surface area (Å²) in [5.41, 5.74) is -4.68. The molecule has 2 spiro atoms.